The molecular formula is C17H10O2. The fourth-order valence-electron chi connectivity index (χ4n) is 3.01. The second-order valence-corrected chi connectivity index (χ2v) is 4.98. The molecule has 0 atom stereocenters. The third-order valence-electron chi connectivity index (χ3n) is 3.90. The lowest BCUT2D eigenvalue weighted by molar-refractivity contribution is 1.50. The molecule has 4 rings (SSSR count). The molecule has 2 heteroatoms. The maximum absolute atomic E-state index is 11.8. The molecule has 0 bridgehead atoms. The van der Waals surface area contributed by atoms with Crippen molar-refractivity contribution in [3.8, 4) is 0 Å². The first kappa shape index (κ1) is 10.4. The molecule has 2 nitrogen and oxygen atoms in total. The van der Waals surface area contributed by atoms with E-state index in [4.69, 9.17) is 0 Å². The van der Waals surface area contributed by atoms with Crippen molar-refractivity contribution in [2.75, 3.05) is 0 Å². The Morgan fingerprint density at radius 3 is 2.37 bits per heavy atom. The van der Waals surface area contributed by atoms with Crippen LogP contribution in [0.2, 0.25) is 0 Å². The van der Waals surface area contributed by atoms with Crippen molar-refractivity contribution >= 4 is 32.3 Å². The average molecular weight is 246 g/mol. The topological polar surface area (TPSA) is 34.1 Å². The van der Waals surface area contributed by atoms with Gasteiger partial charge in [0.05, 0.1) is 0 Å². The highest BCUT2D eigenvalue weighted by molar-refractivity contribution is 6.19. The second kappa shape index (κ2) is 3.29. The first-order valence-corrected chi connectivity index (χ1v) is 6.22. The lowest BCUT2D eigenvalue weighted by Gasteiger charge is -2.11. The summed E-state index contributed by atoms with van der Waals surface area (Å²) in [4.78, 5) is 23.3. The van der Waals surface area contributed by atoms with Crippen LogP contribution in [-0.2, 0) is 0 Å². The van der Waals surface area contributed by atoms with E-state index in [1.165, 1.54) is 0 Å². The van der Waals surface area contributed by atoms with Gasteiger partial charge in [-0.2, -0.15) is 0 Å². The maximum atomic E-state index is 11.8. The van der Waals surface area contributed by atoms with Gasteiger partial charge in [0, 0.05) is 10.8 Å². The number of hydrogen-bond acceptors (Lipinski definition) is 2. The van der Waals surface area contributed by atoms with E-state index in [1.807, 2.05) is 37.3 Å². The summed E-state index contributed by atoms with van der Waals surface area (Å²) < 4.78 is 0. The number of fused-ring (bicyclic) bond motifs is 5. The molecule has 0 aliphatic carbocycles. The maximum Gasteiger partial charge on any atom is 0.234 e. The van der Waals surface area contributed by atoms with E-state index >= 15 is 0 Å². The monoisotopic (exact) mass is 246 g/mol. The zero-order chi connectivity index (χ0) is 13.1. The Hall–Kier alpha value is -2.48. The fraction of sp³-hybridized carbons (Fsp3) is 0.0588. The van der Waals surface area contributed by atoms with Crippen molar-refractivity contribution in [2.45, 2.75) is 6.92 Å². The smallest absolute Gasteiger partial charge is 0.234 e. The molecular weight excluding hydrogens is 236 g/mol. The van der Waals surface area contributed by atoms with Gasteiger partial charge in [0.2, 0.25) is 10.9 Å². The van der Waals surface area contributed by atoms with Crippen molar-refractivity contribution in [3.63, 3.8) is 0 Å². The Balaban J connectivity index is 2.40. The zero-order valence-electron chi connectivity index (χ0n) is 10.4. The lowest BCUT2D eigenvalue weighted by Crippen LogP contribution is -2.30. The van der Waals surface area contributed by atoms with Gasteiger partial charge >= 0.3 is 0 Å². The van der Waals surface area contributed by atoms with Crippen LogP contribution in [0.25, 0.3) is 32.3 Å². The predicted octanol–water partition coefficient (Wildman–Crippen LogP) is 3.05. The summed E-state index contributed by atoms with van der Waals surface area (Å²) in [5, 5.41) is 5.43. The van der Waals surface area contributed by atoms with Gasteiger partial charge in [0.15, 0.2) is 0 Å². The SMILES string of the molecule is Cc1cc2c(=O)c(=O)c2c2ccc3ccccc3c12. The molecule has 4 aromatic carbocycles. The normalized spacial score (nSPS) is 11.8. The van der Waals surface area contributed by atoms with Crippen LogP contribution in [0.15, 0.2) is 52.1 Å². The van der Waals surface area contributed by atoms with Crippen LogP contribution < -0.4 is 10.9 Å². The minimum Gasteiger partial charge on any atom is -0.285 e. The van der Waals surface area contributed by atoms with Crippen LogP contribution >= 0.6 is 0 Å². The summed E-state index contributed by atoms with van der Waals surface area (Å²) >= 11 is 0. The standard InChI is InChI=1S/C17H10O2/c1-9-8-13-15(17(19)16(13)18)12-7-6-10-4-2-3-5-11(10)14(9)12/h2-8H,1H3. The van der Waals surface area contributed by atoms with E-state index in [-0.39, 0.29) is 10.9 Å². The summed E-state index contributed by atoms with van der Waals surface area (Å²) in [6.45, 7) is 1.99. The summed E-state index contributed by atoms with van der Waals surface area (Å²) in [5.74, 6) is 0. The van der Waals surface area contributed by atoms with E-state index in [0.29, 0.717) is 10.8 Å². The molecule has 0 radical (unpaired) electrons. The Labute approximate surface area is 108 Å². The van der Waals surface area contributed by atoms with Gasteiger partial charge in [-0.15, -0.1) is 0 Å². The zero-order valence-corrected chi connectivity index (χ0v) is 10.4. The van der Waals surface area contributed by atoms with Gasteiger partial charge in [-0.25, -0.2) is 0 Å². The van der Waals surface area contributed by atoms with Crippen LogP contribution in [0.4, 0.5) is 0 Å². The van der Waals surface area contributed by atoms with Gasteiger partial charge in [-0.1, -0.05) is 36.4 Å². The van der Waals surface area contributed by atoms with Gasteiger partial charge < -0.3 is 0 Å². The summed E-state index contributed by atoms with van der Waals surface area (Å²) in [6.07, 6.45) is 0. The van der Waals surface area contributed by atoms with Crippen LogP contribution in [0, 0.1) is 6.92 Å². The highest BCUT2D eigenvalue weighted by Gasteiger charge is 2.17. The molecule has 0 N–H and O–H groups in total. The van der Waals surface area contributed by atoms with E-state index < -0.39 is 0 Å². The van der Waals surface area contributed by atoms with E-state index in [0.717, 1.165) is 27.1 Å². The quantitative estimate of drug-likeness (QED) is 0.353. The number of benzene rings is 3. The molecule has 0 saturated heterocycles. The Morgan fingerprint density at radius 2 is 1.53 bits per heavy atom. The number of hydrogen-bond donors (Lipinski definition) is 0. The lowest BCUT2D eigenvalue weighted by atomic mass is 9.91. The van der Waals surface area contributed by atoms with Crippen molar-refractivity contribution in [1.29, 1.82) is 0 Å². The van der Waals surface area contributed by atoms with Crippen LogP contribution in [0.3, 0.4) is 0 Å². The molecule has 19 heavy (non-hydrogen) atoms. The highest BCUT2D eigenvalue weighted by atomic mass is 16.2. The molecule has 0 unspecified atom stereocenters. The van der Waals surface area contributed by atoms with Crippen molar-refractivity contribution in [1.82, 2.24) is 0 Å². The summed E-state index contributed by atoms with van der Waals surface area (Å²) in [5.41, 5.74) is 0.342. The Morgan fingerprint density at radius 1 is 0.737 bits per heavy atom. The van der Waals surface area contributed by atoms with Crippen molar-refractivity contribution < 1.29 is 0 Å². The third-order valence-corrected chi connectivity index (χ3v) is 3.90. The molecule has 0 fully saturated rings. The molecule has 90 valence electrons. The molecule has 0 aliphatic rings. The first-order valence-electron chi connectivity index (χ1n) is 6.22. The third kappa shape index (κ3) is 1.16. The Bertz CT molecular complexity index is 1050. The van der Waals surface area contributed by atoms with Gasteiger partial charge in [0.25, 0.3) is 0 Å². The van der Waals surface area contributed by atoms with E-state index in [1.54, 1.807) is 0 Å². The van der Waals surface area contributed by atoms with Crippen molar-refractivity contribution in [2.24, 2.45) is 0 Å². The summed E-state index contributed by atoms with van der Waals surface area (Å²) in [7, 11) is 0. The van der Waals surface area contributed by atoms with Crippen molar-refractivity contribution in [3.05, 3.63) is 68.5 Å². The van der Waals surface area contributed by atoms with Crippen LogP contribution in [-0.4, -0.2) is 0 Å². The minimum atomic E-state index is -0.354. The molecule has 0 aromatic heterocycles. The molecule has 0 heterocycles. The van der Waals surface area contributed by atoms with Crippen LogP contribution in [0.1, 0.15) is 5.56 Å². The van der Waals surface area contributed by atoms with E-state index in [9.17, 15) is 9.59 Å². The highest BCUT2D eigenvalue weighted by Crippen LogP contribution is 2.32. The average Bonchev–Trinajstić information content (AvgIpc) is 2.45. The van der Waals surface area contributed by atoms with Gasteiger partial charge in [-0.3, -0.25) is 9.59 Å². The Kier molecular flexibility index (Phi) is 1.81. The molecule has 0 amide bonds. The van der Waals surface area contributed by atoms with Gasteiger partial charge in [0.1, 0.15) is 0 Å². The fourth-order valence-corrected chi connectivity index (χ4v) is 3.01. The van der Waals surface area contributed by atoms with Gasteiger partial charge in [-0.05, 0) is 40.1 Å². The second-order valence-electron chi connectivity index (χ2n) is 4.98. The number of aryl methyl sites for hydroxylation is 1. The van der Waals surface area contributed by atoms with Crippen LogP contribution in [0.5, 0.6) is 0 Å². The molecule has 0 spiro atoms. The first-order chi connectivity index (χ1) is 9.18. The largest absolute Gasteiger partial charge is 0.285 e. The number of rotatable bonds is 0. The molecule has 4 aromatic rings. The summed E-state index contributed by atoms with van der Waals surface area (Å²) in [6, 6.07) is 13.9. The van der Waals surface area contributed by atoms with E-state index in [2.05, 4.69) is 12.1 Å². The molecule has 0 aliphatic heterocycles. The predicted molar refractivity (Wildman–Crippen MR) is 78.6 cm³/mol. The molecule has 0 saturated carbocycles. The minimum absolute atomic E-state index is 0.352.